The molecule has 1 unspecified atom stereocenters. The highest BCUT2D eigenvalue weighted by Gasteiger charge is 2.30. The standard InChI is InChI=1S/C25H30N2O5/c1-16(2)14-22(24(30)27(3)13-12-23(28)29)26-25(31)32-15-21-19-10-6-4-8-17(19)18-9-5-7-11-20(18)21/h4-11,16,21-22H,12-15H2,1-3H3,(H,26,31)(H,28,29). The summed E-state index contributed by atoms with van der Waals surface area (Å²) in [4.78, 5) is 37.5. The van der Waals surface area contributed by atoms with Crippen LogP contribution in [0.1, 0.15) is 43.7 Å². The first kappa shape index (κ1) is 23.3. The minimum atomic E-state index is -0.977. The van der Waals surface area contributed by atoms with E-state index in [1.54, 1.807) is 0 Å². The molecule has 0 radical (unpaired) electrons. The van der Waals surface area contributed by atoms with E-state index in [9.17, 15) is 14.4 Å². The molecule has 0 spiro atoms. The molecule has 0 saturated heterocycles. The molecule has 7 nitrogen and oxygen atoms in total. The Labute approximate surface area is 188 Å². The zero-order valence-corrected chi connectivity index (χ0v) is 18.7. The van der Waals surface area contributed by atoms with Crippen molar-refractivity contribution in [1.29, 1.82) is 0 Å². The Balaban J connectivity index is 1.65. The second kappa shape index (κ2) is 10.3. The third-order valence-corrected chi connectivity index (χ3v) is 5.68. The van der Waals surface area contributed by atoms with E-state index in [1.165, 1.54) is 11.9 Å². The first-order valence-corrected chi connectivity index (χ1v) is 10.9. The van der Waals surface area contributed by atoms with Crippen molar-refractivity contribution in [3.8, 4) is 11.1 Å². The van der Waals surface area contributed by atoms with Gasteiger partial charge in [0.2, 0.25) is 5.91 Å². The Hall–Kier alpha value is -3.35. The van der Waals surface area contributed by atoms with Crippen LogP contribution < -0.4 is 5.32 Å². The lowest BCUT2D eigenvalue weighted by atomic mass is 9.98. The average Bonchev–Trinajstić information content (AvgIpc) is 3.08. The first-order chi connectivity index (χ1) is 15.3. The Morgan fingerprint density at radius 1 is 1.03 bits per heavy atom. The van der Waals surface area contributed by atoms with Crippen LogP contribution in [0.4, 0.5) is 4.79 Å². The van der Waals surface area contributed by atoms with E-state index in [0.717, 1.165) is 22.3 Å². The molecule has 0 bridgehead atoms. The summed E-state index contributed by atoms with van der Waals surface area (Å²) in [6.07, 6.45) is -0.375. The van der Waals surface area contributed by atoms with Crippen LogP contribution in [0.25, 0.3) is 11.1 Å². The zero-order chi connectivity index (χ0) is 23.3. The van der Waals surface area contributed by atoms with Gasteiger partial charge in [-0.25, -0.2) is 4.79 Å². The van der Waals surface area contributed by atoms with Gasteiger partial charge in [0.05, 0.1) is 6.42 Å². The van der Waals surface area contributed by atoms with E-state index in [2.05, 4.69) is 17.4 Å². The molecule has 32 heavy (non-hydrogen) atoms. The number of nitrogens with one attached hydrogen (secondary N) is 1. The number of likely N-dealkylation sites (N-methyl/N-ethyl adjacent to an activating group) is 1. The fraction of sp³-hybridized carbons (Fsp3) is 0.400. The van der Waals surface area contributed by atoms with Crippen molar-refractivity contribution in [3.05, 3.63) is 59.7 Å². The van der Waals surface area contributed by atoms with Gasteiger partial charge in [0, 0.05) is 19.5 Å². The maximum absolute atomic E-state index is 12.8. The Kier molecular flexibility index (Phi) is 7.51. The third-order valence-electron chi connectivity index (χ3n) is 5.68. The highest BCUT2D eigenvalue weighted by molar-refractivity contribution is 5.86. The van der Waals surface area contributed by atoms with Crippen molar-refractivity contribution in [2.75, 3.05) is 20.2 Å². The van der Waals surface area contributed by atoms with Gasteiger partial charge in [0.1, 0.15) is 12.6 Å². The lowest BCUT2D eigenvalue weighted by molar-refractivity contribution is -0.138. The number of carbonyl (C=O) groups excluding carboxylic acids is 2. The number of alkyl carbamates (subject to hydrolysis) is 1. The topological polar surface area (TPSA) is 95.9 Å². The molecule has 3 rings (SSSR count). The predicted molar refractivity (Wildman–Crippen MR) is 121 cm³/mol. The highest BCUT2D eigenvalue weighted by atomic mass is 16.5. The molecule has 0 saturated carbocycles. The van der Waals surface area contributed by atoms with Crippen LogP contribution in [0.3, 0.4) is 0 Å². The number of hydrogen-bond donors (Lipinski definition) is 2. The number of carboxylic acid groups (broad SMARTS) is 1. The summed E-state index contributed by atoms with van der Waals surface area (Å²) in [6.45, 7) is 4.15. The molecule has 2 aromatic carbocycles. The quantitative estimate of drug-likeness (QED) is 0.620. The number of aliphatic carboxylic acids is 1. The molecule has 1 aliphatic carbocycles. The van der Waals surface area contributed by atoms with Crippen molar-refractivity contribution in [2.24, 2.45) is 5.92 Å². The number of amides is 2. The summed E-state index contributed by atoms with van der Waals surface area (Å²) in [5.41, 5.74) is 4.52. The summed E-state index contributed by atoms with van der Waals surface area (Å²) in [7, 11) is 1.54. The zero-order valence-electron chi connectivity index (χ0n) is 18.7. The lowest BCUT2D eigenvalue weighted by Gasteiger charge is -2.25. The predicted octanol–water partition coefficient (Wildman–Crippen LogP) is 3.87. The van der Waals surface area contributed by atoms with Crippen LogP contribution in [-0.2, 0) is 14.3 Å². The molecular weight excluding hydrogens is 408 g/mol. The minimum Gasteiger partial charge on any atom is -0.481 e. The van der Waals surface area contributed by atoms with Crippen molar-refractivity contribution in [2.45, 2.75) is 38.6 Å². The van der Waals surface area contributed by atoms with E-state index in [4.69, 9.17) is 9.84 Å². The van der Waals surface area contributed by atoms with Crippen LogP contribution in [0.15, 0.2) is 48.5 Å². The van der Waals surface area contributed by atoms with E-state index < -0.39 is 18.1 Å². The van der Waals surface area contributed by atoms with Gasteiger partial charge in [-0.05, 0) is 34.6 Å². The van der Waals surface area contributed by atoms with Crippen molar-refractivity contribution >= 4 is 18.0 Å². The lowest BCUT2D eigenvalue weighted by Crippen LogP contribution is -2.48. The number of fused-ring (bicyclic) bond motifs is 3. The molecule has 170 valence electrons. The molecule has 7 heteroatoms. The van der Waals surface area contributed by atoms with Crippen molar-refractivity contribution in [3.63, 3.8) is 0 Å². The largest absolute Gasteiger partial charge is 0.481 e. The molecule has 0 heterocycles. The van der Waals surface area contributed by atoms with Crippen molar-refractivity contribution in [1.82, 2.24) is 10.2 Å². The van der Waals surface area contributed by atoms with Crippen LogP contribution >= 0.6 is 0 Å². The van der Waals surface area contributed by atoms with E-state index in [-0.39, 0.29) is 37.3 Å². The number of hydrogen-bond acceptors (Lipinski definition) is 4. The Morgan fingerprint density at radius 2 is 1.59 bits per heavy atom. The van der Waals surface area contributed by atoms with Gasteiger partial charge in [-0.1, -0.05) is 62.4 Å². The van der Waals surface area contributed by atoms with Gasteiger partial charge in [-0.2, -0.15) is 0 Å². The summed E-state index contributed by atoms with van der Waals surface area (Å²) in [5.74, 6) is -1.21. The highest BCUT2D eigenvalue weighted by Crippen LogP contribution is 2.44. The number of ether oxygens (including phenoxy) is 1. The summed E-state index contributed by atoms with van der Waals surface area (Å²) >= 11 is 0. The molecule has 2 N–H and O–H groups in total. The molecule has 1 aliphatic rings. The molecule has 2 amide bonds. The van der Waals surface area contributed by atoms with Gasteiger partial charge in [0.25, 0.3) is 0 Å². The van der Waals surface area contributed by atoms with Crippen LogP contribution in [0, 0.1) is 5.92 Å². The molecule has 0 aliphatic heterocycles. The SMILES string of the molecule is CC(C)CC(NC(=O)OCC1c2ccccc2-c2ccccc21)C(=O)N(C)CCC(=O)O. The molecular formula is C25H30N2O5. The van der Waals surface area contributed by atoms with Gasteiger partial charge >= 0.3 is 12.1 Å². The third kappa shape index (κ3) is 5.46. The number of carboxylic acids is 1. The number of nitrogens with zero attached hydrogens (tertiary/aromatic N) is 1. The van der Waals surface area contributed by atoms with Crippen molar-refractivity contribution < 1.29 is 24.2 Å². The molecule has 1 atom stereocenters. The van der Waals surface area contributed by atoms with E-state index >= 15 is 0 Å². The smallest absolute Gasteiger partial charge is 0.407 e. The molecule has 0 aromatic heterocycles. The fourth-order valence-corrected chi connectivity index (χ4v) is 4.11. The van der Waals surface area contributed by atoms with Gasteiger partial charge in [-0.3, -0.25) is 9.59 Å². The number of rotatable bonds is 9. The number of benzene rings is 2. The Bertz CT molecular complexity index is 942. The second-order valence-electron chi connectivity index (χ2n) is 8.56. The molecule has 0 fully saturated rings. The summed E-state index contributed by atoms with van der Waals surface area (Å²) < 4.78 is 5.56. The van der Waals surface area contributed by atoms with E-state index in [1.807, 2.05) is 50.2 Å². The fourth-order valence-electron chi connectivity index (χ4n) is 4.11. The van der Waals surface area contributed by atoms with Crippen LogP contribution in [0.5, 0.6) is 0 Å². The van der Waals surface area contributed by atoms with E-state index in [0.29, 0.717) is 6.42 Å². The van der Waals surface area contributed by atoms with Gasteiger partial charge in [-0.15, -0.1) is 0 Å². The average molecular weight is 439 g/mol. The maximum Gasteiger partial charge on any atom is 0.407 e. The van der Waals surface area contributed by atoms with Gasteiger partial charge < -0.3 is 20.1 Å². The monoisotopic (exact) mass is 438 g/mol. The maximum atomic E-state index is 12.8. The first-order valence-electron chi connectivity index (χ1n) is 10.9. The minimum absolute atomic E-state index is 0.0642. The normalized spacial score (nSPS) is 13.2. The van der Waals surface area contributed by atoms with Crippen LogP contribution in [-0.4, -0.2) is 54.2 Å². The summed E-state index contributed by atoms with van der Waals surface area (Å²) in [6, 6.07) is 15.4. The summed E-state index contributed by atoms with van der Waals surface area (Å²) in [5, 5.41) is 11.5. The van der Waals surface area contributed by atoms with Crippen LogP contribution in [0.2, 0.25) is 0 Å². The molecule has 2 aromatic rings. The van der Waals surface area contributed by atoms with Gasteiger partial charge in [0.15, 0.2) is 0 Å². The number of carbonyl (C=O) groups is 3. The Morgan fingerprint density at radius 3 is 2.12 bits per heavy atom. The second-order valence-corrected chi connectivity index (χ2v) is 8.56.